The van der Waals surface area contributed by atoms with Crippen molar-refractivity contribution in [2.45, 2.75) is 0 Å². The fraction of sp³-hybridized carbons (Fsp3) is 0. The number of nitrogens with zero attached hydrogens (tertiary/aromatic N) is 4. The van der Waals surface area contributed by atoms with E-state index in [0.29, 0.717) is 23.2 Å². The summed E-state index contributed by atoms with van der Waals surface area (Å²) in [5, 5.41) is 6.77. The van der Waals surface area contributed by atoms with Crippen LogP contribution in [-0.4, -0.2) is 19.9 Å². The smallest absolute Gasteiger partial charge is 0.228 e. The SMILES string of the molecule is c1ccc(-c2nc(-c3ccc(-c4nc5oc6ccccc6c5c5ccccc45)cc3)nc(-c3cccc4c3sc3ccccc34)n2)cc1. The van der Waals surface area contributed by atoms with Crippen LogP contribution in [-0.2, 0) is 0 Å². The molecule has 48 heavy (non-hydrogen) atoms. The standard InChI is InChI=1S/C42H24N4OS/c1-2-11-26(12-3-1)39-44-40(46-41(45-39)33-18-10-17-31-28-13-7-9-20-35(28)48-38(31)33)27-23-21-25(22-24-27)37-30-15-5-4-14-29(30)36-32-16-6-8-19-34(32)47-42(36)43-37/h1-24H. The van der Waals surface area contributed by atoms with Crippen molar-refractivity contribution in [2.75, 3.05) is 0 Å². The van der Waals surface area contributed by atoms with Gasteiger partial charge in [-0.15, -0.1) is 11.3 Å². The minimum absolute atomic E-state index is 0.620. The number of para-hydroxylation sites is 1. The third-order valence-corrected chi connectivity index (χ3v) is 10.2. The predicted molar refractivity (Wildman–Crippen MR) is 197 cm³/mol. The summed E-state index contributed by atoms with van der Waals surface area (Å²) >= 11 is 1.77. The van der Waals surface area contributed by atoms with Crippen LogP contribution in [0.2, 0.25) is 0 Å². The number of aromatic nitrogens is 4. The highest BCUT2D eigenvalue weighted by Gasteiger charge is 2.18. The van der Waals surface area contributed by atoms with Crippen LogP contribution >= 0.6 is 11.3 Å². The highest BCUT2D eigenvalue weighted by Crippen LogP contribution is 2.40. The molecule has 0 atom stereocenters. The summed E-state index contributed by atoms with van der Waals surface area (Å²) in [6, 6.07) is 49.9. The highest BCUT2D eigenvalue weighted by atomic mass is 32.1. The summed E-state index contributed by atoms with van der Waals surface area (Å²) in [5.41, 5.74) is 6.18. The van der Waals surface area contributed by atoms with Gasteiger partial charge in [-0.05, 0) is 23.6 Å². The quantitative estimate of drug-likeness (QED) is 0.193. The molecule has 6 heteroatoms. The van der Waals surface area contributed by atoms with Crippen LogP contribution < -0.4 is 0 Å². The maximum Gasteiger partial charge on any atom is 0.228 e. The van der Waals surface area contributed by atoms with Gasteiger partial charge in [0.05, 0.1) is 11.1 Å². The molecule has 0 aliphatic heterocycles. The molecule has 10 aromatic rings. The van der Waals surface area contributed by atoms with Crippen molar-refractivity contribution in [2.24, 2.45) is 0 Å². The molecule has 0 aliphatic carbocycles. The van der Waals surface area contributed by atoms with E-state index in [4.69, 9.17) is 24.4 Å². The van der Waals surface area contributed by atoms with Gasteiger partial charge >= 0.3 is 0 Å². The van der Waals surface area contributed by atoms with Crippen molar-refractivity contribution >= 4 is 64.4 Å². The molecule has 0 fully saturated rings. The number of rotatable bonds is 4. The Labute approximate surface area is 278 Å². The van der Waals surface area contributed by atoms with E-state index in [1.807, 2.05) is 48.5 Å². The van der Waals surface area contributed by atoms with Crippen molar-refractivity contribution in [3.05, 3.63) is 146 Å². The zero-order valence-electron chi connectivity index (χ0n) is 25.5. The van der Waals surface area contributed by atoms with E-state index in [1.165, 1.54) is 20.2 Å². The molecule has 6 aromatic carbocycles. The normalized spacial score (nSPS) is 11.8. The Bertz CT molecular complexity index is 2840. The molecule has 0 aliphatic rings. The molecule has 0 unspecified atom stereocenters. The molecule has 0 amide bonds. The van der Waals surface area contributed by atoms with Crippen molar-refractivity contribution in [1.29, 1.82) is 0 Å². The molecule has 0 saturated carbocycles. The van der Waals surface area contributed by atoms with Gasteiger partial charge in [0.25, 0.3) is 0 Å². The van der Waals surface area contributed by atoms with Gasteiger partial charge in [-0.2, -0.15) is 0 Å². The van der Waals surface area contributed by atoms with Crippen LogP contribution in [0, 0.1) is 0 Å². The summed E-state index contributed by atoms with van der Waals surface area (Å²) in [5.74, 6) is 1.91. The Morgan fingerprint density at radius 3 is 1.83 bits per heavy atom. The van der Waals surface area contributed by atoms with Crippen LogP contribution in [0.15, 0.2) is 150 Å². The minimum atomic E-state index is 0.620. The van der Waals surface area contributed by atoms with Gasteiger partial charge in [-0.25, -0.2) is 19.9 Å². The van der Waals surface area contributed by atoms with E-state index in [-0.39, 0.29) is 0 Å². The van der Waals surface area contributed by atoms with Crippen LogP contribution in [0.4, 0.5) is 0 Å². The maximum atomic E-state index is 6.24. The van der Waals surface area contributed by atoms with E-state index in [2.05, 4.69) is 97.1 Å². The molecule has 5 nitrogen and oxygen atoms in total. The average Bonchev–Trinajstić information content (AvgIpc) is 3.73. The highest BCUT2D eigenvalue weighted by molar-refractivity contribution is 7.26. The third kappa shape index (κ3) is 4.24. The van der Waals surface area contributed by atoms with Gasteiger partial charge in [-0.1, -0.05) is 127 Å². The summed E-state index contributed by atoms with van der Waals surface area (Å²) in [6.07, 6.45) is 0. The lowest BCUT2D eigenvalue weighted by atomic mass is 10.00. The van der Waals surface area contributed by atoms with Crippen molar-refractivity contribution in [3.8, 4) is 45.4 Å². The fourth-order valence-electron chi connectivity index (χ4n) is 6.70. The number of furan rings is 1. The Morgan fingerprint density at radius 2 is 1.02 bits per heavy atom. The zero-order chi connectivity index (χ0) is 31.6. The lowest BCUT2D eigenvalue weighted by Crippen LogP contribution is -2.00. The summed E-state index contributed by atoms with van der Waals surface area (Å²) in [4.78, 5) is 20.2. The van der Waals surface area contributed by atoms with Crippen molar-refractivity contribution in [3.63, 3.8) is 0 Å². The lowest BCUT2D eigenvalue weighted by molar-refractivity contribution is 0.655. The molecule has 0 saturated heterocycles. The van der Waals surface area contributed by atoms with Gasteiger partial charge < -0.3 is 4.42 Å². The van der Waals surface area contributed by atoms with Gasteiger partial charge in [0.15, 0.2) is 17.5 Å². The number of fused-ring (bicyclic) bond motifs is 8. The maximum absolute atomic E-state index is 6.24. The minimum Gasteiger partial charge on any atom is -0.438 e. The molecule has 0 spiro atoms. The number of pyridine rings is 1. The first kappa shape index (κ1) is 26.9. The number of hydrogen-bond acceptors (Lipinski definition) is 6. The largest absolute Gasteiger partial charge is 0.438 e. The van der Waals surface area contributed by atoms with Gasteiger partial charge in [0.1, 0.15) is 5.58 Å². The first-order chi connectivity index (χ1) is 23.8. The molecule has 0 radical (unpaired) electrons. The lowest BCUT2D eigenvalue weighted by Gasteiger charge is -2.10. The van der Waals surface area contributed by atoms with Crippen molar-refractivity contribution < 1.29 is 4.42 Å². The second-order valence-electron chi connectivity index (χ2n) is 11.8. The second-order valence-corrected chi connectivity index (χ2v) is 12.9. The van der Waals surface area contributed by atoms with Gasteiger partial charge in [-0.3, -0.25) is 0 Å². The first-order valence-electron chi connectivity index (χ1n) is 15.8. The monoisotopic (exact) mass is 632 g/mol. The molecule has 0 bridgehead atoms. The Hall–Kier alpha value is -6.24. The third-order valence-electron chi connectivity index (χ3n) is 8.97. The van der Waals surface area contributed by atoms with Gasteiger partial charge in [0, 0.05) is 53.2 Å². The van der Waals surface area contributed by atoms with E-state index in [9.17, 15) is 0 Å². The molecule has 10 rings (SSSR count). The van der Waals surface area contributed by atoms with E-state index in [0.717, 1.165) is 55.1 Å². The summed E-state index contributed by atoms with van der Waals surface area (Å²) in [7, 11) is 0. The summed E-state index contributed by atoms with van der Waals surface area (Å²) in [6.45, 7) is 0. The van der Waals surface area contributed by atoms with Crippen LogP contribution in [0.25, 0.3) is 98.4 Å². The van der Waals surface area contributed by atoms with E-state index in [1.54, 1.807) is 11.3 Å². The molecule has 224 valence electrons. The van der Waals surface area contributed by atoms with Crippen LogP contribution in [0.1, 0.15) is 0 Å². The number of benzene rings is 6. The topological polar surface area (TPSA) is 64.7 Å². The van der Waals surface area contributed by atoms with E-state index >= 15 is 0 Å². The zero-order valence-corrected chi connectivity index (χ0v) is 26.3. The second kappa shape index (κ2) is 10.7. The fourth-order valence-corrected chi connectivity index (χ4v) is 7.91. The van der Waals surface area contributed by atoms with Gasteiger partial charge in [0.2, 0.25) is 5.71 Å². The Balaban J connectivity index is 1.13. The average molecular weight is 633 g/mol. The molecule has 4 aromatic heterocycles. The Morgan fingerprint density at radius 1 is 0.417 bits per heavy atom. The first-order valence-corrected chi connectivity index (χ1v) is 16.6. The Kier molecular flexibility index (Phi) is 5.98. The molecule has 0 N–H and O–H groups in total. The number of thiophene rings is 1. The molecule has 4 heterocycles. The predicted octanol–water partition coefficient (Wildman–Crippen LogP) is 11.4. The van der Waals surface area contributed by atoms with E-state index < -0.39 is 0 Å². The van der Waals surface area contributed by atoms with Crippen LogP contribution in [0.5, 0.6) is 0 Å². The molecular formula is C42H24N4OS. The van der Waals surface area contributed by atoms with Crippen molar-refractivity contribution in [1.82, 2.24) is 19.9 Å². The molecular weight excluding hydrogens is 609 g/mol. The number of hydrogen-bond donors (Lipinski definition) is 0. The summed E-state index contributed by atoms with van der Waals surface area (Å²) < 4.78 is 8.65. The van der Waals surface area contributed by atoms with Crippen LogP contribution in [0.3, 0.4) is 0 Å².